The number of ether oxygens (including phenoxy) is 1. The molecule has 1 aliphatic heterocycles. The molecule has 1 aliphatic rings. The van der Waals surface area contributed by atoms with Gasteiger partial charge in [-0.1, -0.05) is 13.0 Å². The first-order valence-corrected chi connectivity index (χ1v) is 7.95. The molecule has 0 saturated carbocycles. The second-order valence-corrected chi connectivity index (χ2v) is 5.80. The van der Waals surface area contributed by atoms with E-state index >= 15 is 0 Å². The third-order valence-electron chi connectivity index (χ3n) is 3.90. The number of amides is 2. The number of aryl methyl sites for hydroxylation is 1. The predicted octanol–water partition coefficient (Wildman–Crippen LogP) is 1.48. The number of aliphatic carboxylic acids is 1. The molecule has 0 fully saturated rings. The number of carboxylic acids is 1. The van der Waals surface area contributed by atoms with Gasteiger partial charge in [-0.2, -0.15) is 0 Å². The van der Waals surface area contributed by atoms with Crippen molar-refractivity contribution in [3.8, 4) is 5.75 Å². The van der Waals surface area contributed by atoms with Crippen molar-refractivity contribution in [2.75, 3.05) is 11.4 Å². The van der Waals surface area contributed by atoms with Crippen LogP contribution >= 0.6 is 0 Å². The van der Waals surface area contributed by atoms with Crippen LogP contribution in [0.4, 0.5) is 5.69 Å². The first kappa shape index (κ1) is 17.8. The first-order chi connectivity index (χ1) is 11.3. The summed E-state index contributed by atoms with van der Waals surface area (Å²) < 4.78 is 5.62. The molecule has 0 spiro atoms. The van der Waals surface area contributed by atoms with E-state index < -0.39 is 18.1 Å². The maximum absolute atomic E-state index is 12.6. The summed E-state index contributed by atoms with van der Waals surface area (Å²) in [7, 11) is 0. The van der Waals surface area contributed by atoms with Crippen molar-refractivity contribution >= 4 is 23.5 Å². The molecular formula is C17H22N2O5. The molecule has 2 unspecified atom stereocenters. The lowest BCUT2D eigenvalue weighted by atomic mass is 10.1. The van der Waals surface area contributed by atoms with E-state index in [1.54, 1.807) is 13.0 Å². The van der Waals surface area contributed by atoms with Crippen LogP contribution in [0, 0.1) is 6.92 Å². The number of nitrogens with one attached hydrogen (secondary N) is 1. The molecule has 0 radical (unpaired) electrons. The van der Waals surface area contributed by atoms with Crippen LogP contribution in [0.1, 0.15) is 32.3 Å². The van der Waals surface area contributed by atoms with Gasteiger partial charge in [-0.25, -0.2) is 0 Å². The summed E-state index contributed by atoms with van der Waals surface area (Å²) in [6.45, 7) is 5.38. The zero-order chi connectivity index (χ0) is 17.9. The van der Waals surface area contributed by atoms with Gasteiger partial charge in [0.1, 0.15) is 11.8 Å². The van der Waals surface area contributed by atoms with Gasteiger partial charge in [0.2, 0.25) is 5.91 Å². The molecule has 1 heterocycles. The van der Waals surface area contributed by atoms with E-state index in [0.29, 0.717) is 17.9 Å². The van der Waals surface area contributed by atoms with Crippen LogP contribution in [-0.2, 0) is 14.4 Å². The number of carbonyl (C=O) groups is 3. The van der Waals surface area contributed by atoms with Gasteiger partial charge < -0.3 is 15.2 Å². The summed E-state index contributed by atoms with van der Waals surface area (Å²) in [4.78, 5) is 37.1. The average molecular weight is 334 g/mol. The van der Waals surface area contributed by atoms with Gasteiger partial charge in [0.15, 0.2) is 6.10 Å². The standard InChI is InChI=1S/C17H22N2O5/c1-4-12(16(22)18-8-7-15(20)21)19-13-9-10(2)5-6-14(13)24-11(3)17(19)23/h5-6,9,11-12H,4,7-8H2,1-3H3,(H,18,22)(H,20,21). The largest absolute Gasteiger partial charge is 0.481 e. The van der Waals surface area contributed by atoms with Gasteiger partial charge in [0.05, 0.1) is 12.1 Å². The van der Waals surface area contributed by atoms with Crippen LogP contribution < -0.4 is 15.0 Å². The molecule has 2 N–H and O–H groups in total. The molecule has 130 valence electrons. The van der Waals surface area contributed by atoms with Crippen molar-refractivity contribution < 1.29 is 24.2 Å². The van der Waals surface area contributed by atoms with Crippen molar-refractivity contribution in [1.29, 1.82) is 0 Å². The molecule has 7 heteroatoms. The van der Waals surface area contributed by atoms with Gasteiger partial charge in [0.25, 0.3) is 5.91 Å². The molecule has 1 aromatic carbocycles. The lowest BCUT2D eigenvalue weighted by Gasteiger charge is -2.37. The maximum atomic E-state index is 12.6. The molecular weight excluding hydrogens is 312 g/mol. The number of rotatable bonds is 6. The lowest BCUT2D eigenvalue weighted by Crippen LogP contribution is -2.55. The Bertz CT molecular complexity index is 658. The van der Waals surface area contributed by atoms with Crippen LogP contribution in [-0.4, -0.2) is 41.6 Å². The number of hydrogen-bond donors (Lipinski definition) is 2. The normalized spacial score (nSPS) is 17.7. The minimum Gasteiger partial charge on any atom is -0.481 e. The van der Waals surface area contributed by atoms with Crippen molar-refractivity contribution in [1.82, 2.24) is 5.32 Å². The van der Waals surface area contributed by atoms with E-state index in [9.17, 15) is 14.4 Å². The smallest absolute Gasteiger partial charge is 0.305 e. The Kier molecular flexibility index (Phi) is 5.43. The van der Waals surface area contributed by atoms with Crippen molar-refractivity contribution in [3.63, 3.8) is 0 Å². The van der Waals surface area contributed by atoms with E-state index in [1.165, 1.54) is 4.90 Å². The quantitative estimate of drug-likeness (QED) is 0.821. The van der Waals surface area contributed by atoms with Crippen molar-refractivity contribution in [2.45, 2.75) is 45.8 Å². The van der Waals surface area contributed by atoms with E-state index in [-0.39, 0.29) is 24.8 Å². The van der Waals surface area contributed by atoms with E-state index in [0.717, 1.165) is 5.56 Å². The molecule has 2 atom stereocenters. The van der Waals surface area contributed by atoms with E-state index in [1.807, 2.05) is 26.0 Å². The van der Waals surface area contributed by atoms with Crippen LogP contribution in [0.15, 0.2) is 18.2 Å². The third-order valence-corrected chi connectivity index (χ3v) is 3.90. The summed E-state index contributed by atoms with van der Waals surface area (Å²) in [5.74, 6) is -1.08. The highest BCUT2D eigenvalue weighted by Gasteiger charge is 2.38. The third kappa shape index (κ3) is 3.67. The number of carboxylic acid groups (broad SMARTS) is 1. The van der Waals surface area contributed by atoms with E-state index in [4.69, 9.17) is 9.84 Å². The Morgan fingerprint density at radius 1 is 1.42 bits per heavy atom. The topological polar surface area (TPSA) is 95.9 Å². The zero-order valence-corrected chi connectivity index (χ0v) is 14.0. The fourth-order valence-electron chi connectivity index (χ4n) is 2.69. The van der Waals surface area contributed by atoms with Crippen LogP contribution in [0.3, 0.4) is 0 Å². The molecule has 7 nitrogen and oxygen atoms in total. The predicted molar refractivity (Wildman–Crippen MR) is 88.1 cm³/mol. The second-order valence-electron chi connectivity index (χ2n) is 5.80. The summed E-state index contributed by atoms with van der Waals surface area (Å²) in [5.41, 5.74) is 1.52. The minimum absolute atomic E-state index is 0.0272. The number of nitrogens with zero attached hydrogens (tertiary/aromatic N) is 1. The monoisotopic (exact) mass is 334 g/mol. The molecule has 1 aromatic rings. The molecule has 0 bridgehead atoms. The SMILES string of the molecule is CCC(C(=O)NCCC(=O)O)N1C(=O)C(C)Oc2ccc(C)cc21. The minimum atomic E-state index is -0.986. The van der Waals surface area contributed by atoms with Crippen LogP contribution in [0.2, 0.25) is 0 Å². The fourth-order valence-corrected chi connectivity index (χ4v) is 2.69. The number of hydrogen-bond acceptors (Lipinski definition) is 4. The highest BCUT2D eigenvalue weighted by atomic mass is 16.5. The van der Waals surface area contributed by atoms with Crippen LogP contribution in [0.25, 0.3) is 0 Å². The van der Waals surface area contributed by atoms with Gasteiger partial charge in [-0.3, -0.25) is 19.3 Å². The number of anilines is 1. The highest BCUT2D eigenvalue weighted by molar-refractivity contribution is 6.05. The Morgan fingerprint density at radius 3 is 2.75 bits per heavy atom. The Labute approximate surface area is 140 Å². The molecule has 0 aromatic heterocycles. The second kappa shape index (κ2) is 7.33. The Balaban J connectivity index is 2.29. The van der Waals surface area contributed by atoms with Crippen LogP contribution in [0.5, 0.6) is 5.75 Å². The average Bonchev–Trinajstić information content (AvgIpc) is 2.52. The van der Waals surface area contributed by atoms with Gasteiger partial charge in [-0.05, 0) is 38.0 Å². The Hall–Kier alpha value is -2.57. The fraction of sp³-hybridized carbons (Fsp3) is 0.471. The number of carbonyl (C=O) groups excluding carboxylic acids is 2. The molecule has 2 amide bonds. The molecule has 0 aliphatic carbocycles. The summed E-state index contributed by atoms with van der Waals surface area (Å²) in [5, 5.41) is 11.3. The molecule has 0 saturated heterocycles. The van der Waals surface area contributed by atoms with Gasteiger partial charge in [0, 0.05) is 6.54 Å². The number of benzene rings is 1. The molecule has 24 heavy (non-hydrogen) atoms. The van der Waals surface area contributed by atoms with Gasteiger partial charge >= 0.3 is 5.97 Å². The van der Waals surface area contributed by atoms with Crippen molar-refractivity contribution in [2.24, 2.45) is 0 Å². The first-order valence-electron chi connectivity index (χ1n) is 7.95. The summed E-state index contributed by atoms with van der Waals surface area (Å²) >= 11 is 0. The zero-order valence-electron chi connectivity index (χ0n) is 14.0. The number of fused-ring (bicyclic) bond motifs is 1. The highest BCUT2D eigenvalue weighted by Crippen LogP contribution is 2.36. The van der Waals surface area contributed by atoms with Gasteiger partial charge in [-0.15, -0.1) is 0 Å². The lowest BCUT2D eigenvalue weighted by molar-refractivity contribution is -0.137. The summed E-state index contributed by atoms with van der Waals surface area (Å²) in [6.07, 6.45) is -0.433. The summed E-state index contributed by atoms with van der Waals surface area (Å²) in [6, 6.07) is 4.77. The van der Waals surface area contributed by atoms with E-state index in [2.05, 4.69) is 5.32 Å². The Morgan fingerprint density at radius 2 is 2.12 bits per heavy atom. The van der Waals surface area contributed by atoms with Crippen molar-refractivity contribution in [3.05, 3.63) is 23.8 Å². The maximum Gasteiger partial charge on any atom is 0.305 e. The molecule has 2 rings (SSSR count).